The monoisotopic (exact) mass is 366 g/mol. The molecule has 0 unspecified atom stereocenters. The van der Waals surface area contributed by atoms with E-state index >= 15 is 0 Å². The summed E-state index contributed by atoms with van der Waals surface area (Å²) < 4.78 is 1.78. The van der Waals surface area contributed by atoms with E-state index in [1.54, 1.807) is 10.9 Å². The van der Waals surface area contributed by atoms with Crippen LogP contribution in [0.1, 0.15) is 30.0 Å². The van der Waals surface area contributed by atoms with Gasteiger partial charge in [0.15, 0.2) is 5.82 Å². The fraction of sp³-hybridized carbons (Fsp3) is 0.474. The van der Waals surface area contributed by atoms with E-state index < -0.39 is 0 Å². The van der Waals surface area contributed by atoms with Crippen LogP contribution in [0.5, 0.6) is 0 Å². The number of nitrogens with zero attached hydrogens (tertiary/aromatic N) is 7. The van der Waals surface area contributed by atoms with Crippen LogP contribution in [0, 0.1) is 13.8 Å². The van der Waals surface area contributed by atoms with Crippen molar-refractivity contribution in [3.05, 3.63) is 47.6 Å². The van der Waals surface area contributed by atoms with Crippen LogP contribution in [0.3, 0.4) is 0 Å². The zero-order chi connectivity index (χ0) is 18.8. The number of hydrogen-bond acceptors (Lipinski definition) is 6. The average molecular weight is 366 g/mol. The molecule has 8 heteroatoms. The number of anilines is 1. The third-order valence-electron chi connectivity index (χ3n) is 4.99. The van der Waals surface area contributed by atoms with Gasteiger partial charge in [-0.2, -0.15) is 5.10 Å². The quantitative estimate of drug-likeness (QED) is 0.743. The Kier molecular flexibility index (Phi) is 4.89. The maximum absolute atomic E-state index is 4.71. The van der Waals surface area contributed by atoms with E-state index in [0.717, 1.165) is 62.4 Å². The number of H-pyrrole nitrogens is 1. The fourth-order valence-electron chi connectivity index (χ4n) is 3.45. The lowest BCUT2D eigenvalue weighted by atomic mass is 10.2. The minimum Gasteiger partial charge on any atom is -0.354 e. The van der Waals surface area contributed by atoms with Gasteiger partial charge in [-0.1, -0.05) is 6.92 Å². The maximum Gasteiger partial charge on any atom is 0.159 e. The third-order valence-corrected chi connectivity index (χ3v) is 4.99. The summed E-state index contributed by atoms with van der Waals surface area (Å²) in [4.78, 5) is 22.0. The van der Waals surface area contributed by atoms with E-state index in [1.165, 1.54) is 11.4 Å². The Balaban J connectivity index is 1.42. The molecule has 0 bridgehead atoms. The van der Waals surface area contributed by atoms with Crippen molar-refractivity contribution < 1.29 is 0 Å². The molecule has 4 heterocycles. The summed E-state index contributed by atoms with van der Waals surface area (Å²) in [6.07, 6.45) is 4.61. The van der Waals surface area contributed by atoms with E-state index in [0.29, 0.717) is 0 Å². The molecule has 0 atom stereocenters. The number of imidazole rings is 1. The molecule has 0 aliphatic carbocycles. The van der Waals surface area contributed by atoms with Gasteiger partial charge in [-0.25, -0.2) is 19.6 Å². The van der Waals surface area contributed by atoms with Gasteiger partial charge in [-0.05, 0) is 19.9 Å². The zero-order valence-corrected chi connectivity index (χ0v) is 16.2. The number of nitrogens with one attached hydrogen (secondary N) is 1. The highest BCUT2D eigenvalue weighted by atomic mass is 15.3. The Morgan fingerprint density at radius 1 is 1.04 bits per heavy atom. The molecular formula is C19H26N8. The molecule has 1 fully saturated rings. The van der Waals surface area contributed by atoms with Crippen molar-refractivity contribution in [1.82, 2.24) is 34.6 Å². The maximum atomic E-state index is 4.71. The summed E-state index contributed by atoms with van der Waals surface area (Å²) >= 11 is 0. The lowest BCUT2D eigenvalue weighted by Gasteiger charge is -2.35. The van der Waals surface area contributed by atoms with Gasteiger partial charge >= 0.3 is 0 Å². The summed E-state index contributed by atoms with van der Waals surface area (Å²) in [5, 5.41) is 4.28. The molecule has 3 aromatic rings. The number of piperazine rings is 1. The fourth-order valence-corrected chi connectivity index (χ4v) is 3.45. The average Bonchev–Trinajstić information content (AvgIpc) is 3.32. The molecule has 0 radical (unpaired) electrons. The number of rotatable bonds is 5. The van der Waals surface area contributed by atoms with Crippen LogP contribution in [-0.2, 0) is 13.0 Å². The number of aromatic amines is 1. The highest BCUT2D eigenvalue weighted by Crippen LogP contribution is 2.18. The van der Waals surface area contributed by atoms with E-state index in [2.05, 4.69) is 43.7 Å². The third kappa shape index (κ3) is 3.85. The van der Waals surface area contributed by atoms with Gasteiger partial charge in [-0.3, -0.25) is 4.90 Å². The van der Waals surface area contributed by atoms with Crippen molar-refractivity contribution in [2.45, 2.75) is 33.7 Å². The minimum atomic E-state index is 0.764. The number of hydrogen-bond donors (Lipinski definition) is 1. The molecule has 142 valence electrons. The molecule has 0 spiro atoms. The molecule has 0 amide bonds. The van der Waals surface area contributed by atoms with Gasteiger partial charge in [0.1, 0.15) is 17.5 Å². The highest BCUT2D eigenvalue weighted by molar-refractivity contribution is 5.44. The van der Waals surface area contributed by atoms with Crippen LogP contribution in [0.25, 0.3) is 5.82 Å². The van der Waals surface area contributed by atoms with E-state index in [9.17, 15) is 0 Å². The van der Waals surface area contributed by atoms with Crippen LogP contribution in [0.4, 0.5) is 5.82 Å². The van der Waals surface area contributed by atoms with Crippen LogP contribution in [0.2, 0.25) is 0 Å². The molecule has 1 aliphatic heterocycles. The van der Waals surface area contributed by atoms with Crippen molar-refractivity contribution in [3.8, 4) is 5.82 Å². The minimum absolute atomic E-state index is 0.764. The van der Waals surface area contributed by atoms with Crippen molar-refractivity contribution in [2.24, 2.45) is 0 Å². The molecule has 27 heavy (non-hydrogen) atoms. The number of aryl methyl sites for hydroxylation is 3. The van der Waals surface area contributed by atoms with Crippen LogP contribution < -0.4 is 4.90 Å². The summed E-state index contributed by atoms with van der Waals surface area (Å²) in [5.74, 6) is 3.62. The normalized spacial score (nSPS) is 15.4. The first-order valence-electron chi connectivity index (χ1n) is 9.49. The van der Waals surface area contributed by atoms with Crippen molar-refractivity contribution >= 4 is 5.82 Å². The molecule has 1 N–H and O–H groups in total. The summed E-state index contributed by atoms with van der Waals surface area (Å²) in [6.45, 7) is 10.9. The lowest BCUT2D eigenvalue weighted by molar-refractivity contribution is 0.246. The van der Waals surface area contributed by atoms with Gasteiger partial charge < -0.3 is 9.88 Å². The Hall–Kier alpha value is -2.74. The molecule has 1 aliphatic rings. The van der Waals surface area contributed by atoms with Gasteiger partial charge in [0.05, 0.1) is 5.69 Å². The molecular weight excluding hydrogens is 340 g/mol. The van der Waals surface area contributed by atoms with Gasteiger partial charge in [-0.15, -0.1) is 0 Å². The van der Waals surface area contributed by atoms with Crippen LogP contribution in [0.15, 0.2) is 24.5 Å². The van der Waals surface area contributed by atoms with Gasteiger partial charge in [0.2, 0.25) is 0 Å². The largest absolute Gasteiger partial charge is 0.354 e. The second-order valence-electron chi connectivity index (χ2n) is 6.95. The Morgan fingerprint density at radius 2 is 1.81 bits per heavy atom. The predicted octanol–water partition coefficient (Wildman–Crippen LogP) is 1.89. The molecule has 1 saturated heterocycles. The highest BCUT2D eigenvalue weighted by Gasteiger charge is 2.20. The molecule has 0 aromatic carbocycles. The molecule has 3 aromatic heterocycles. The van der Waals surface area contributed by atoms with Crippen molar-refractivity contribution in [1.29, 1.82) is 0 Å². The number of aromatic nitrogens is 6. The zero-order valence-electron chi connectivity index (χ0n) is 16.2. The Morgan fingerprint density at radius 3 is 2.48 bits per heavy atom. The van der Waals surface area contributed by atoms with Crippen molar-refractivity contribution in [2.75, 3.05) is 31.1 Å². The van der Waals surface area contributed by atoms with Gasteiger partial charge in [0, 0.05) is 63.3 Å². The first-order chi connectivity index (χ1) is 13.1. The Labute approximate surface area is 159 Å². The Bertz CT molecular complexity index is 891. The predicted molar refractivity (Wildman–Crippen MR) is 104 cm³/mol. The van der Waals surface area contributed by atoms with E-state index in [4.69, 9.17) is 4.98 Å². The van der Waals surface area contributed by atoms with Crippen molar-refractivity contribution in [3.63, 3.8) is 0 Å². The van der Waals surface area contributed by atoms with Crippen LogP contribution >= 0.6 is 0 Å². The molecule has 8 nitrogen and oxygen atoms in total. The first-order valence-corrected chi connectivity index (χ1v) is 9.49. The lowest BCUT2D eigenvalue weighted by Crippen LogP contribution is -2.46. The molecule has 0 saturated carbocycles. The summed E-state index contributed by atoms with van der Waals surface area (Å²) in [6, 6.07) is 3.91. The van der Waals surface area contributed by atoms with Crippen LogP contribution in [-0.4, -0.2) is 60.8 Å². The smallest absolute Gasteiger partial charge is 0.159 e. The van der Waals surface area contributed by atoms with Gasteiger partial charge in [0.25, 0.3) is 0 Å². The SMILES string of the molecule is CCc1nc(CN2CCN(c3cc(-n4cccn4)nc(C)n3)CC2)c(C)[nH]1. The van der Waals surface area contributed by atoms with E-state index in [1.807, 2.05) is 25.3 Å². The second kappa shape index (κ2) is 7.48. The standard InChI is InChI=1S/C19H26N8/c1-4-17-21-14(2)16(24-17)13-25-8-10-26(11-9-25)18-12-19(23-15(3)22-18)27-7-5-6-20-27/h5-7,12H,4,8-11,13H2,1-3H3,(H,21,24). The summed E-state index contributed by atoms with van der Waals surface area (Å²) in [7, 11) is 0. The second-order valence-corrected chi connectivity index (χ2v) is 6.95. The van der Waals surface area contributed by atoms with E-state index in [-0.39, 0.29) is 0 Å². The molecule has 4 rings (SSSR count). The first kappa shape index (κ1) is 17.7. The topological polar surface area (TPSA) is 78.8 Å². The summed E-state index contributed by atoms with van der Waals surface area (Å²) in [5.41, 5.74) is 2.35.